The van der Waals surface area contributed by atoms with E-state index in [0.717, 1.165) is 62.2 Å². The van der Waals surface area contributed by atoms with Gasteiger partial charge in [0.2, 0.25) is 0 Å². The topological polar surface area (TPSA) is 72.5 Å². The van der Waals surface area contributed by atoms with Gasteiger partial charge >= 0.3 is 0 Å². The smallest absolute Gasteiger partial charge is 0.282 e. The summed E-state index contributed by atoms with van der Waals surface area (Å²) in [6.45, 7) is 4.86. The Kier molecular flexibility index (Phi) is 5.26. The summed E-state index contributed by atoms with van der Waals surface area (Å²) in [5.41, 5.74) is 2.03. The Bertz CT molecular complexity index is 811. The molecule has 0 saturated carbocycles. The predicted molar refractivity (Wildman–Crippen MR) is 102 cm³/mol. The minimum atomic E-state index is -3.31. The second-order valence-corrected chi connectivity index (χ2v) is 9.13. The SMILES string of the molecule is O=S(=O)(N1CCCCC1)N1CCCN(Cc2nc3ccccc3[nH]2)CC1. The number of nitrogens with zero attached hydrogens (tertiary/aromatic N) is 4. The predicted octanol–water partition coefficient (Wildman–Crippen LogP) is 1.80. The Hall–Kier alpha value is -1.48. The van der Waals surface area contributed by atoms with E-state index < -0.39 is 10.2 Å². The Morgan fingerprint density at radius 3 is 2.42 bits per heavy atom. The minimum absolute atomic E-state index is 0.555. The molecule has 2 saturated heterocycles. The van der Waals surface area contributed by atoms with Gasteiger partial charge in [0, 0.05) is 32.7 Å². The van der Waals surface area contributed by atoms with Crippen LogP contribution in [0.3, 0.4) is 0 Å². The zero-order valence-corrected chi connectivity index (χ0v) is 15.9. The average Bonchev–Trinajstić information content (AvgIpc) is 2.91. The molecule has 7 nitrogen and oxygen atoms in total. The molecule has 0 radical (unpaired) electrons. The number of piperidine rings is 1. The lowest BCUT2D eigenvalue weighted by atomic mass is 10.2. The molecule has 4 rings (SSSR count). The van der Waals surface area contributed by atoms with E-state index >= 15 is 0 Å². The second kappa shape index (κ2) is 7.64. The number of hydrogen-bond donors (Lipinski definition) is 1. The summed E-state index contributed by atoms with van der Waals surface area (Å²) < 4.78 is 29.1. The number of aromatic nitrogens is 2. The minimum Gasteiger partial charge on any atom is -0.341 e. The van der Waals surface area contributed by atoms with Crippen molar-refractivity contribution in [2.24, 2.45) is 0 Å². The largest absolute Gasteiger partial charge is 0.341 e. The molecule has 0 bridgehead atoms. The molecule has 2 aliphatic rings. The highest BCUT2D eigenvalue weighted by molar-refractivity contribution is 7.86. The van der Waals surface area contributed by atoms with E-state index in [4.69, 9.17) is 0 Å². The number of H-pyrrole nitrogens is 1. The molecule has 0 amide bonds. The summed E-state index contributed by atoms with van der Waals surface area (Å²) in [4.78, 5) is 10.3. The monoisotopic (exact) mass is 377 g/mol. The summed E-state index contributed by atoms with van der Waals surface area (Å²) in [5.74, 6) is 0.943. The molecule has 2 aliphatic heterocycles. The second-order valence-electron chi connectivity index (χ2n) is 7.20. The summed E-state index contributed by atoms with van der Waals surface area (Å²) >= 11 is 0. The molecule has 0 atom stereocenters. The van der Waals surface area contributed by atoms with Crippen LogP contribution in [0.25, 0.3) is 11.0 Å². The van der Waals surface area contributed by atoms with Gasteiger partial charge in [-0.25, -0.2) is 4.98 Å². The van der Waals surface area contributed by atoms with Crippen LogP contribution in [0.2, 0.25) is 0 Å². The van der Waals surface area contributed by atoms with E-state index in [9.17, 15) is 8.42 Å². The van der Waals surface area contributed by atoms with Gasteiger partial charge in [-0.05, 0) is 37.9 Å². The normalized spacial score (nSPS) is 21.8. The van der Waals surface area contributed by atoms with E-state index in [0.29, 0.717) is 26.2 Å². The van der Waals surface area contributed by atoms with Crippen LogP contribution >= 0.6 is 0 Å². The first-order valence-corrected chi connectivity index (χ1v) is 10.9. The van der Waals surface area contributed by atoms with Crippen molar-refractivity contribution in [1.29, 1.82) is 0 Å². The number of imidazole rings is 1. The van der Waals surface area contributed by atoms with Gasteiger partial charge in [-0.2, -0.15) is 17.0 Å². The van der Waals surface area contributed by atoms with Gasteiger partial charge in [0.05, 0.1) is 17.6 Å². The van der Waals surface area contributed by atoms with Crippen LogP contribution < -0.4 is 0 Å². The molecular weight excluding hydrogens is 350 g/mol. The molecule has 26 heavy (non-hydrogen) atoms. The van der Waals surface area contributed by atoms with Gasteiger partial charge < -0.3 is 4.98 Å². The zero-order chi connectivity index (χ0) is 18.0. The van der Waals surface area contributed by atoms with Crippen LogP contribution in [-0.4, -0.2) is 71.2 Å². The number of para-hydroxylation sites is 2. The third-order valence-electron chi connectivity index (χ3n) is 5.33. The first-order chi connectivity index (χ1) is 12.6. The maximum Gasteiger partial charge on any atom is 0.282 e. The van der Waals surface area contributed by atoms with Gasteiger partial charge in [0.1, 0.15) is 5.82 Å². The molecule has 2 aromatic rings. The van der Waals surface area contributed by atoms with E-state index in [1.807, 2.05) is 24.3 Å². The van der Waals surface area contributed by atoms with Crippen molar-refractivity contribution in [3.63, 3.8) is 0 Å². The van der Waals surface area contributed by atoms with Gasteiger partial charge in [0.25, 0.3) is 10.2 Å². The summed E-state index contributed by atoms with van der Waals surface area (Å²) in [5, 5.41) is 0. The lowest BCUT2D eigenvalue weighted by Crippen LogP contribution is -2.47. The molecular formula is C18H27N5O2S. The molecule has 2 fully saturated rings. The summed E-state index contributed by atoms with van der Waals surface area (Å²) in [7, 11) is -3.31. The number of fused-ring (bicyclic) bond motifs is 1. The van der Waals surface area contributed by atoms with Crippen molar-refractivity contribution >= 4 is 21.2 Å². The lowest BCUT2D eigenvalue weighted by molar-refractivity contribution is 0.267. The van der Waals surface area contributed by atoms with Gasteiger partial charge in [-0.3, -0.25) is 4.90 Å². The quantitative estimate of drug-likeness (QED) is 0.882. The highest BCUT2D eigenvalue weighted by atomic mass is 32.2. The zero-order valence-electron chi connectivity index (χ0n) is 15.1. The number of hydrogen-bond acceptors (Lipinski definition) is 4. The highest BCUT2D eigenvalue weighted by Crippen LogP contribution is 2.19. The first kappa shape index (κ1) is 17.9. The van der Waals surface area contributed by atoms with Crippen molar-refractivity contribution in [1.82, 2.24) is 23.5 Å². The maximum absolute atomic E-state index is 12.9. The van der Waals surface area contributed by atoms with Crippen molar-refractivity contribution in [2.75, 3.05) is 39.3 Å². The number of rotatable bonds is 4. The van der Waals surface area contributed by atoms with Gasteiger partial charge in [0.15, 0.2) is 0 Å². The molecule has 1 aromatic heterocycles. The Labute approximate surface area is 155 Å². The van der Waals surface area contributed by atoms with E-state index in [1.54, 1.807) is 8.61 Å². The van der Waals surface area contributed by atoms with E-state index in [1.165, 1.54) is 0 Å². The molecule has 0 aliphatic carbocycles. The molecule has 1 N–H and O–H groups in total. The third-order valence-corrected chi connectivity index (χ3v) is 7.36. The van der Waals surface area contributed by atoms with Crippen molar-refractivity contribution in [3.8, 4) is 0 Å². The van der Waals surface area contributed by atoms with E-state index in [-0.39, 0.29) is 0 Å². The molecule has 8 heteroatoms. The summed E-state index contributed by atoms with van der Waals surface area (Å²) in [6.07, 6.45) is 3.95. The number of benzene rings is 1. The molecule has 1 aromatic carbocycles. The number of nitrogens with one attached hydrogen (secondary N) is 1. The highest BCUT2D eigenvalue weighted by Gasteiger charge is 2.31. The van der Waals surface area contributed by atoms with E-state index in [2.05, 4.69) is 14.9 Å². The van der Waals surface area contributed by atoms with Gasteiger partial charge in [-0.1, -0.05) is 18.6 Å². The Balaban J connectivity index is 1.39. The van der Waals surface area contributed by atoms with Crippen LogP contribution in [-0.2, 0) is 16.8 Å². The van der Waals surface area contributed by atoms with Crippen LogP contribution in [0.4, 0.5) is 0 Å². The first-order valence-electron chi connectivity index (χ1n) is 9.54. The molecule has 0 unspecified atom stereocenters. The number of aromatic amines is 1. The Morgan fingerprint density at radius 2 is 1.62 bits per heavy atom. The third kappa shape index (κ3) is 3.78. The van der Waals surface area contributed by atoms with Crippen LogP contribution in [0.15, 0.2) is 24.3 Å². The van der Waals surface area contributed by atoms with Crippen molar-refractivity contribution in [3.05, 3.63) is 30.1 Å². The van der Waals surface area contributed by atoms with Crippen LogP contribution in [0.5, 0.6) is 0 Å². The standard InChI is InChI=1S/C18H27N5O2S/c24-26(25,22-10-4-1-5-11-22)23-12-6-9-21(13-14-23)15-18-19-16-7-2-3-8-17(16)20-18/h2-3,7-8H,1,4-6,9-15H2,(H,19,20). The van der Waals surface area contributed by atoms with Crippen molar-refractivity contribution in [2.45, 2.75) is 32.2 Å². The van der Waals surface area contributed by atoms with Gasteiger partial charge in [-0.15, -0.1) is 0 Å². The molecule has 142 valence electrons. The molecule has 0 spiro atoms. The fourth-order valence-corrected chi connectivity index (χ4v) is 5.61. The fraction of sp³-hybridized carbons (Fsp3) is 0.611. The Morgan fingerprint density at radius 1 is 0.885 bits per heavy atom. The van der Waals surface area contributed by atoms with Crippen LogP contribution in [0.1, 0.15) is 31.5 Å². The van der Waals surface area contributed by atoms with Crippen molar-refractivity contribution < 1.29 is 8.42 Å². The lowest BCUT2D eigenvalue weighted by Gasteiger charge is -2.31. The van der Waals surface area contributed by atoms with Crippen LogP contribution in [0, 0.1) is 0 Å². The summed E-state index contributed by atoms with van der Waals surface area (Å²) in [6, 6.07) is 8.02. The molecule has 3 heterocycles. The fourth-order valence-electron chi connectivity index (χ4n) is 3.89. The maximum atomic E-state index is 12.9. The average molecular weight is 378 g/mol.